The zero-order valence-corrected chi connectivity index (χ0v) is 6.40. The summed E-state index contributed by atoms with van der Waals surface area (Å²) in [6.07, 6.45) is 6.79. The summed E-state index contributed by atoms with van der Waals surface area (Å²) in [6, 6.07) is 0. The predicted octanol–water partition coefficient (Wildman–Crippen LogP) is 0.538. The third kappa shape index (κ3) is 1.80. The maximum Gasteiger partial charge on any atom is 0.208 e. The van der Waals surface area contributed by atoms with Crippen molar-refractivity contribution in [2.75, 3.05) is 0 Å². The predicted molar refractivity (Wildman–Crippen MR) is 40.8 cm³/mol. The van der Waals surface area contributed by atoms with Crippen molar-refractivity contribution >= 4 is 6.41 Å². The molecule has 1 N–H and O–H groups in total. The second kappa shape index (κ2) is 3.75. The number of amides is 1. The molecule has 0 spiro atoms. The normalized spacial score (nSPS) is 12.5. The number of aromatic nitrogens is 2. The Bertz CT molecular complexity index is 207. The molecule has 1 amide bonds. The molecule has 1 heterocycles. The van der Waals surface area contributed by atoms with Crippen molar-refractivity contribution in [2.24, 2.45) is 0 Å². The van der Waals surface area contributed by atoms with Crippen molar-refractivity contribution in [3.63, 3.8) is 0 Å². The molecule has 0 aromatic carbocycles. The van der Waals surface area contributed by atoms with Gasteiger partial charge in [0.2, 0.25) is 6.41 Å². The van der Waals surface area contributed by atoms with Gasteiger partial charge in [0.05, 0.1) is 6.33 Å². The highest BCUT2D eigenvalue weighted by atomic mass is 16.1. The van der Waals surface area contributed by atoms with Gasteiger partial charge in [-0.05, 0) is 6.42 Å². The minimum Gasteiger partial charge on any atom is -0.338 e. The smallest absolute Gasteiger partial charge is 0.208 e. The maximum absolute atomic E-state index is 10.1. The van der Waals surface area contributed by atoms with Crippen LogP contribution in [0, 0.1) is 0 Å². The SMILES string of the molecule is CCC(NC=O)n1ccnc1. The topological polar surface area (TPSA) is 46.9 Å². The average Bonchev–Trinajstić information content (AvgIpc) is 2.52. The third-order valence-electron chi connectivity index (χ3n) is 1.53. The highest BCUT2D eigenvalue weighted by Gasteiger charge is 2.03. The van der Waals surface area contributed by atoms with Crippen molar-refractivity contribution in [3.8, 4) is 0 Å². The zero-order valence-electron chi connectivity index (χ0n) is 6.40. The number of hydrogen-bond acceptors (Lipinski definition) is 2. The molecule has 1 aromatic heterocycles. The van der Waals surface area contributed by atoms with E-state index in [0.717, 1.165) is 6.42 Å². The summed E-state index contributed by atoms with van der Waals surface area (Å²) < 4.78 is 1.86. The molecule has 1 atom stereocenters. The lowest BCUT2D eigenvalue weighted by Crippen LogP contribution is -2.23. The van der Waals surface area contributed by atoms with Gasteiger partial charge < -0.3 is 9.88 Å². The second-order valence-electron chi connectivity index (χ2n) is 2.22. The van der Waals surface area contributed by atoms with Gasteiger partial charge >= 0.3 is 0 Å². The quantitative estimate of drug-likeness (QED) is 0.641. The first-order chi connectivity index (χ1) is 5.38. The Morgan fingerprint density at radius 3 is 3.09 bits per heavy atom. The molecular formula is C7H11N3O. The van der Waals surface area contributed by atoms with Crippen LogP contribution < -0.4 is 5.32 Å². The van der Waals surface area contributed by atoms with Crippen LogP contribution in [0.25, 0.3) is 0 Å². The van der Waals surface area contributed by atoms with Crippen LogP contribution in [0.2, 0.25) is 0 Å². The number of nitrogens with zero attached hydrogens (tertiary/aromatic N) is 2. The van der Waals surface area contributed by atoms with Gasteiger partial charge in [0, 0.05) is 12.4 Å². The third-order valence-corrected chi connectivity index (χ3v) is 1.53. The summed E-state index contributed by atoms with van der Waals surface area (Å²) >= 11 is 0. The molecule has 11 heavy (non-hydrogen) atoms. The molecule has 0 bridgehead atoms. The van der Waals surface area contributed by atoms with Crippen molar-refractivity contribution in [1.29, 1.82) is 0 Å². The standard InChI is InChI=1S/C7H11N3O/c1-2-7(9-6-11)10-4-3-8-5-10/h3-7H,2H2,1H3,(H,9,11). The second-order valence-corrected chi connectivity index (χ2v) is 2.22. The molecule has 0 saturated carbocycles. The van der Waals surface area contributed by atoms with Gasteiger partial charge in [-0.1, -0.05) is 6.92 Å². The van der Waals surface area contributed by atoms with Gasteiger partial charge in [0.25, 0.3) is 0 Å². The van der Waals surface area contributed by atoms with E-state index >= 15 is 0 Å². The van der Waals surface area contributed by atoms with Crippen LogP contribution in [0.15, 0.2) is 18.7 Å². The Kier molecular flexibility index (Phi) is 2.66. The zero-order chi connectivity index (χ0) is 8.10. The number of hydrogen-bond donors (Lipinski definition) is 1. The lowest BCUT2D eigenvalue weighted by Gasteiger charge is -2.14. The molecule has 0 saturated heterocycles. The minimum absolute atomic E-state index is 0.0370. The summed E-state index contributed by atoms with van der Waals surface area (Å²) in [5, 5.41) is 2.68. The Morgan fingerprint density at radius 2 is 2.64 bits per heavy atom. The lowest BCUT2D eigenvalue weighted by atomic mass is 10.4. The molecule has 0 aliphatic heterocycles. The Hall–Kier alpha value is -1.32. The van der Waals surface area contributed by atoms with Crippen molar-refractivity contribution in [1.82, 2.24) is 14.9 Å². The van der Waals surface area contributed by atoms with Gasteiger partial charge in [-0.2, -0.15) is 0 Å². The van der Waals surface area contributed by atoms with E-state index < -0.39 is 0 Å². The monoisotopic (exact) mass is 153 g/mol. The van der Waals surface area contributed by atoms with Crippen LogP contribution in [0.3, 0.4) is 0 Å². The molecule has 0 fully saturated rings. The maximum atomic E-state index is 10.1. The van der Waals surface area contributed by atoms with Gasteiger partial charge in [-0.15, -0.1) is 0 Å². The van der Waals surface area contributed by atoms with Crippen LogP contribution in [0.1, 0.15) is 19.5 Å². The number of carbonyl (C=O) groups is 1. The summed E-state index contributed by atoms with van der Waals surface area (Å²) in [5.74, 6) is 0. The van der Waals surface area contributed by atoms with E-state index in [9.17, 15) is 4.79 Å². The van der Waals surface area contributed by atoms with Crippen LogP contribution in [-0.4, -0.2) is 16.0 Å². The Labute approximate surface area is 65.2 Å². The van der Waals surface area contributed by atoms with Crippen LogP contribution in [-0.2, 0) is 4.79 Å². The van der Waals surface area contributed by atoms with Gasteiger partial charge in [0.15, 0.2) is 0 Å². The fourth-order valence-electron chi connectivity index (χ4n) is 0.947. The molecule has 1 rings (SSSR count). The minimum atomic E-state index is 0.0370. The Morgan fingerprint density at radius 1 is 1.82 bits per heavy atom. The fourth-order valence-corrected chi connectivity index (χ4v) is 0.947. The molecule has 0 radical (unpaired) electrons. The molecule has 1 aromatic rings. The first-order valence-corrected chi connectivity index (χ1v) is 3.55. The van der Waals surface area contributed by atoms with Crippen molar-refractivity contribution < 1.29 is 4.79 Å². The summed E-state index contributed by atoms with van der Waals surface area (Å²) in [7, 11) is 0. The largest absolute Gasteiger partial charge is 0.338 e. The average molecular weight is 153 g/mol. The highest BCUT2D eigenvalue weighted by Crippen LogP contribution is 2.04. The lowest BCUT2D eigenvalue weighted by molar-refractivity contribution is -0.110. The van der Waals surface area contributed by atoms with E-state index in [1.165, 1.54) is 0 Å². The number of imidazole rings is 1. The summed E-state index contributed by atoms with van der Waals surface area (Å²) in [5.41, 5.74) is 0. The molecule has 4 heteroatoms. The van der Waals surface area contributed by atoms with Crippen LogP contribution in [0.5, 0.6) is 0 Å². The van der Waals surface area contributed by atoms with E-state index in [4.69, 9.17) is 0 Å². The molecule has 60 valence electrons. The van der Waals surface area contributed by atoms with Crippen LogP contribution >= 0.6 is 0 Å². The number of rotatable bonds is 4. The van der Waals surface area contributed by atoms with E-state index in [1.54, 1.807) is 12.5 Å². The molecule has 0 aliphatic rings. The Balaban J connectivity index is 2.62. The summed E-state index contributed by atoms with van der Waals surface area (Å²) in [6.45, 7) is 2.00. The molecule has 0 aliphatic carbocycles. The summed E-state index contributed by atoms with van der Waals surface area (Å²) in [4.78, 5) is 14.0. The van der Waals surface area contributed by atoms with Crippen LogP contribution in [0.4, 0.5) is 0 Å². The molecule has 4 nitrogen and oxygen atoms in total. The first kappa shape index (κ1) is 7.78. The van der Waals surface area contributed by atoms with E-state index in [1.807, 2.05) is 17.7 Å². The first-order valence-electron chi connectivity index (χ1n) is 3.55. The number of nitrogens with one attached hydrogen (secondary N) is 1. The van der Waals surface area contributed by atoms with E-state index in [-0.39, 0.29) is 6.17 Å². The van der Waals surface area contributed by atoms with Gasteiger partial charge in [-0.3, -0.25) is 4.79 Å². The van der Waals surface area contributed by atoms with Crippen molar-refractivity contribution in [2.45, 2.75) is 19.5 Å². The van der Waals surface area contributed by atoms with Crippen molar-refractivity contribution in [3.05, 3.63) is 18.7 Å². The van der Waals surface area contributed by atoms with Gasteiger partial charge in [0.1, 0.15) is 6.17 Å². The van der Waals surface area contributed by atoms with E-state index in [0.29, 0.717) is 6.41 Å². The number of carbonyl (C=O) groups excluding carboxylic acids is 1. The van der Waals surface area contributed by atoms with E-state index in [2.05, 4.69) is 10.3 Å². The highest BCUT2D eigenvalue weighted by molar-refractivity contribution is 5.46. The molecular weight excluding hydrogens is 142 g/mol. The molecule has 1 unspecified atom stereocenters. The van der Waals surface area contributed by atoms with Gasteiger partial charge in [-0.25, -0.2) is 4.98 Å². The fraction of sp³-hybridized carbons (Fsp3) is 0.429.